The van der Waals surface area contributed by atoms with Crippen LogP contribution in [-0.2, 0) is 17.8 Å². The second-order valence-electron chi connectivity index (χ2n) is 8.87. The van der Waals surface area contributed by atoms with E-state index < -0.39 is 0 Å². The molecule has 2 N–H and O–H groups in total. The van der Waals surface area contributed by atoms with Gasteiger partial charge in [0, 0.05) is 34.8 Å². The van der Waals surface area contributed by atoms with Crippen LogP contribution in [0.4, 0.5) is 11.5 Å². The molecule has 0 bridgehead atoms. The minimum Gasteiger partial charge on any atom is -0.366 e. The molecule has 3 aromatic carbocycles. The maximum atomic E-state index is 12.8. The molecule has 186 valence electrons. The Morgan fingerprint density at radius 1 is 1.00 bits per heavy atom. The van der Waals surface area contributed by atoms with Crippen molar-refractivity contribution in [3.05, 3.63) is 112 Å². The molecule has 2 heterocycles. The molecular formula is C29H25BrClN5O. The van der Waals surface area contributed by atoms with Crippen molar-refractivity contribution in [2.45, 2.75) is 19.9 Å². The lowest BCUT2D eigenvalue weighted by Gasteiger charge is -2.14. The lowest BCUT2D eigenvalue weighted by atomic mass is 10.0. The number of nitrogens with one attached hydrogen (secondary N) is 2. The summed E-state index contributed by atoms with van der Waals surface area (Å²) in [4.78, 5) is 17.6. The average Bonchev–Trinajstić information content (AvgIpc) is 3.29. The number of benzene rings is 3. The molecule has 0 saturated heterocycles. The summed E-state index contributed by atoms with van der Waals surface area (Å²) < 4.78 is 2.54. The van der Waals surface area contributed by atoms with E-state index in [9.17, 15) is 4.79 Å². The third-order valence-electron chi connectivity index (χ3n) is 6.08. The number of nitrogens with zero attached hydrogens (tertiary/aromatic N) is 3. The van der Waals surface area contributed by atoms with Crippen molar-refractivity contribution in [1.82, 2.24) is 14.6 Å². The zero-order chi connectivity index (χ0) is 25.8. The van der Waals surface area contributed by atoms with Crippen LogP contribution in [0, 0.1) is 5.92 Å². The summed E-state index contributed by atoms with van der Waals surface area (Å²) >= 11 is 9.99. The molecule has 0 saturated carbocycles. The molecule has 1 atom stereocenters. The van der Waals surface area contributed by atoms with Gasteiger partial charge in [-0.05, 0) is 51.7 Å². The first-order valence-electron chi connectivity index (χ1n) is 11.9. The van der Waals surface area contributed by atoms with Crippen LogP contribution in [0.3, 0.4) is 0 Å². The van der Waals surface area contributed by atoms with Gasteiger partial charge >= 0.3 is 0 Å². The zero-order valence-electron chi connectivity index (χ0n) is 20.2. The molecule has 37 heavy (non-hydrogen) atoms. The summed E-state index contributed by atoms with van der Waals surface area (Å²) in [6, 6.07) is 27.5. The molecular weight excluding hydrogens is 550 g/mol. The highest BCUT2D eigenvalue weighted by molar-refractivity contribution is 9.10. The lowest BCUT2D eigenvalue weighted by molar-refractivity contribution is -0.119. The summed E-state index contributed by atoms with van der Waals surface area (Å²) in [6.45, 7) is 2.48. The van der Waals surface area contributed by atoms with Gasteiger partial charge in [0.05, 0.1) is 16.4 Å². The number of amides is 1. The van der Waals surface area contributed by atoms with E-state index in [-0.39, 0.29) is 11.8 Å². The van der Waals surface area contributed by atoms with Gasteiger partial charge in [-0.3, -0.25) is 4.79 Å². The monoisotopic (exact) mass is 573 g/mol. The second-order valence-corrected chi connectivity index (χ2v) is 10.1. The van der Waals surface area contributed by atoms with Crippen LogP contribution in [-0.4, -0.2) is 20.5 Å². The Hall–Kier alpha value is -3.68. The van der Waals surface area contributed by atoms with Crippen LogP contribution in [0.1, 0.15) is 18.1 Å². The fraction of sp³-hybridized carbons (Fsp3) is 0.138. The Labute approximate surface area is 228 Å². The molecule has 1 amide bonds. The molecule has 0 aliphatic heterocycles. The minimum absolute atomic E-state index is 0.00409. The molecule has 0 fully saturated rings. The fourth-order valence-electron chi connectivity index (χ4n) is 4.15. The second kappa shape index (κ2) is 11.2. The first kappa shape index (κ1) is 25.0. The molecule has 2 aromatic heterocycles. The van der Waals surface area contributed by atoms with Gasteiger partial charge < -0.3 is 10.6 Å². The van der Waals surface area contributed by atoms with E-state index in [0.717, 1.165) is 38.4 Å². The van der Waals surface area contributed by atoms with Crippen LogP contribution in [0.15, 0.2) is 95.6 Å². The Morgan fingerprint density at radius 3 is 2.57 bits per heavy atom. The molecule has 1 unspecified atom stereocenters. The molecule has 5 aromatic rings. The lowest BCUT2D eigenvalue weighted by Crippen LogP contribution is -2.22. The standard InChI is InChI=1S/C29H25BrClN5O/c1-19(14-20-8-3-2-4-9-20)29(37)34-22-11-7-10-21(15-22)17-32-27-16-26(23-12-5-6-13-25(23)31)35-28-24(30)18-33-36(27)28/h2-13,15-16,18-19,32H,14,17H2,1H3,(H,34,37). The van der Waals surface area contributed by atoms with Crippen molar-refractivity contribution in [1.29, 1.82) is 0 Å². The van der Waals surface area contributed by atoms with Crippen molar-refractivity contribution in [2.75, 3.05) is 10.6 Å². The average molecular weight is 575 g/mol. The summed E-state index contributed by atoms with van der Waals surface area (Å²) in [5, 5.41) is 11.6. The van der Waals surface area contributed by atoms with Crippen molar-refractivity contribution < 1.29 is 4.79 Å². The number of carbonyl (C=O) groups is 1. The van der Waals surface area contributed by atoms with Gasteiger partial charge in [0.15, 0.2) is 5.65 Å². The highest BCUT2D eigenvalue weighted by Gasteiger charge is 2.15. The third-order valence-corrected chi connectivity index (χ3v) is 6.97. The number of carbonyl (C=O) groups excluding carboxylic acids is 1. The van der Waals surface area contributed by atoms with Gasteiger partial charge in [-0.2, -0.15) is 9.61 Å². The Kier molecular flexibility index (Phi) is 7.53. The normalized spacial score (nSPS) is 11.9. The maximum absolute atomic E-state index is 12.8. The molecule has 0 aliphatic carbocycles. The molecule has 5 rings (SSSR count). The SMILES string of the molecule is CC(Cc1ccccc1)C(=O)Nc1cccc(CNc2cc(-c3ccccc3Cl)nc3c(Br)cnn23)c1. The van der Waals surface area contributed by atoms with Crippen molar-refractivity contribution >= 4 is 50.6 Å². The number of fused-ring (bicyclic) bond motifs is 1. The maximum Gasteiger partial charge on any atom is 0.227 e. The predicted octanol–water partition coefficient (Wildman–Crippen LogP) is 7.24. The van der Waals surface area contributed by atoms with Gasteiger partial charge in [-0.1, -0.05) is 79.2 Å². The smallest absolute Gasteiger partial charge is 0.227 e. The Morgan fingerprint density at radius 2 is 1.76 bits per heavy atom. The number of aromatic nitrogens is 3. The first-order chi connectivity index (χ1) is 18.0. The van der Waals surface area contributed by atoms with Gasteiger partial charge in [-0.25, -0.2) is 4.98 Å². The zero-order valence-corrected chi connectivity index (χ0v) is 22.5. The van der Waals surface area contributed by atoms with Crippen molar-refractivity contribution in [3.63, 3.8) is 0 Å². The van der Waals surface area contributed by atoms with E-state index in [4.69, 9.17) is 16.6 Å². The topological polar surface area (TPSA) is 71.3 Å². The minimum atomic E-state index is -0.143. The third kappa shape index (κ3) is 5.84. The number of hydrogen-bond donors (Lipinski definition) is 2. The van der Waals surface area contributed by atoms with E-state index in [2.05, 4.69) is 31.7 Å². The summed E-state index contributed by atoms with van der Waals surface area (Å²) in [6.07, 6.45) is 2.41. The van der Waals surface area contributed by atoms with Gasteiger partial charge in [0.2, 0.25) is 5.91 Å². The molecule has 6 nitrogen and oxygen atoms in total. The summed E-state index contributed by atoms with van der Waals surface area (Å²) in [5.74, 6) is 0.628. The fourth-order valence-corrected chi connectivity index (χ4v) is 4.73. The van der Waals surface area contributed by atoms with E-state index >= 15 is 0 Å². The predicted molar refractivity (Wildman–Crippen MR) is 153 cm³/mol. The Balaban J connectivity index is 1.32. The van der Waals surface area contributed by atoms with E-state index in [1.807, 2.05) is 91.9 Å². The number of halogens is 2. The summed E-state index contributed by atoms with van der Waals surface area (Å²) in [5.41, 5.74) is 5.21. The van der Waals surface area contributed by atoms with Gasteiger partial charge in [0.1, 0.15) is 5.82 Å². The quantitative estimate of drug-likeness (QED) is 0.205. The highest BCUT2D eigenvalue weighted by Crippen LogP contribution is 2.30. The molecule has 0 spiro atoms. The largest absolute Gasteiger partial charge is 0.366 e. The number of rotatable bonds is 8. The van der Waals surface area contributed by atoms with Crippen LogP contribution >= 0.6 is 27.5 Å². The van der Waals surface area contributed by atoms with E-state index in [1.165, 1.54) is 0 Å². The van der Waals surface area contributed by atoms with Crippen molar-refractivity contribution in [3.8, 4) is 11.3 Å². The van der Waals surface area contributed by atoms with Crippen LogP contribution in [0.25, 0.3) is 16.9 Å². The van der Waals surface area contributed by atoms with Gasteiger partial charge in [0.25, 0.3) is 0 Å². The van der Waals surface area contributed by atoms with Crippen LogP contribution in [0.2, 0.25) is 5.02 Å². The van der Waals surface area contributed by atoms with Crippen LogP contribution in [0.5, 0.6) is 0 Å². The number of hydrogen-bond acceptors (Lipinski definition) is 4. The number of anilines is 2. The van der Waals surface area contributed by atoms with E-state index in [1.54, 1.807) is 10.7 Å². The highest BCUT2D eigenvalue weighted by atomic mass is 79.9. The van der Waals surface area contributed by atoms with E-state index in [0.29, 0.717) is 23.6 Å². The first-order valence-corrected chi connectivity index (χ1v) is 13.1. The Bertz CT molecular complexity index is 1550. The molecule has 0 aliphatic rings. The summed E-state index contributed by atoms with van der Waals surface area (Å²) in [7, 11) is 0. The van der Waals surface area contributed by atoms with Crippen LogP contribution < -0.4 is 10.6 Å². The molecule has 8 heteroatoms. The van der Waals surface area contributed by atoms with Gasteiger partial charge in [-0.15, -0.1) is 0 Å². The van der Waals surface area contributed by atoms with Crippen molar-refractivity contribution in [2.24, 2.45) is 5.92 Å². The molecule has 0 radical (unpaired) electrons.